The number of nitro groups is 1. The van der Waals surface area contributed by atoms with Crippen LogP contribution in [0.4, 0.5) is 11.4 Å². The van der Waals surface area contributed by atoms with Gasteiger partial charge in [-0.2, -0.15) is 0 Å². The van der Waals surface area contributed by atoms with Crippen molar-refractivity contribution in [2.45, 2.75) is 38.6 Å². The topological polar surface area (TPSA) is 75.5 Å². The van der Waals surface area contributed by atoms with Gasteiger partial charge >= 0.3 is 0 Å². The summed E-state index contributed by atoms with van der Waals surface area (Å²) in [7, 11) is 1.80. The van der Waals surface area contributed by atoms with Crippen molar-refractivity contribution in [2.75, 3.05) is 18.9 Å². The zero-order chi connectivity index (χ0) is 15.4. The van der Waals surface area contributed by atoms with Gasteiger partial charge in [0.15, 0.2) is 0 Å². The van der Waals surface area contributed by atoms with Crippen LogP contribution in [-0.2, 0) is 0 Å². The Hall–Kier alpha value is -2.11. The molecule has 1 saturated carbocycles. The lowest BCUT2D eigenvalue weighted by molar-refractivity contribution is -0.384. The molecule has 114 valence electrons. The summed E-state index contributed by atoms with van der Waals surface area (Å²) < 4.78 is 0. The highest BCUT2D eigenvalue weighted by atomic mass is 16.6. The van der Waals surface area contributed by atoms with Gasteiger partial charge in [0.1, 0.15) is 5.69 Å². The van der Waals surface area contributed by atoms with Crippen molar-refractivity contribution >= 4 is 17.3 Å². The number of benzene rings is 1. The third kappa shape index (κ3) is 3.32. The van der Waals surface area contributed by atoms with Crippen molar-refractivity contribution in [3.63, 3.8) is 0 Å². The molecule has 0 aliphatic heterocycles. The molecule has 1 aromatic carbocycles. The predicted molar refractivity (Wildman–Crippen MR) is 81.6 cm³/mol. The maximum atomic E-state index is 12.4. The van der Waals surface area contributed by atoms with E-state index in [4.69, 9.17) is 0 Å². The summed E-state index contributed by atoms with van der Waals surface area (Å²) in [6, 6.07) is 4.83. The number of hydrogen-bond donors (Lipinski definition) is 1. The molecule has 0 saturated heterocycles. The molecule has 0 heterocycles. The van der Waals surface area contributed by atoms with E-state index in [1.54, 1.807) is 18.0 Å². The fraction of sp³-hybridized carbons (Fsp3) is 0.533. The molecule has 1 amide bonds. The van der Waals surface area contributed by atoms with Gasteiger partial charge in [0.25, 0.3) is 11.6 Å². The quantitative estimate of drug-likeness (QED) is 0.645. The summed E-state index contributed by atoms with van der Waals surface area (Å²) >= 11 is 0. The van der Waals surface area contributed by atoms with Gasteiger partial charge in [-0.15, -0.1) is 0 Å². The number of carbonyl (C=O) groups is 1. The lowest BCUT2D eigenvalue weighted by Crippen LogP contribution is -2.41. The van der Waals surface area contributed by atoms with Crippen LogP contribution in [0.5, 0.6) is 0 Å². The fourth-order valence-corrected chi connectivity index (χ4v) is 2.37. The van der Waals surface area contributed by atoms with Crippen LogP contribution in [0.2, 0.25) is 0 Å². The van der Waals surface area contributed by atoms with Crippen LogP contribution in [-0.4, -0.2) is 35.4 Å². The van der Waals surface area contributed by atoms with E-state index in [9.17, 15) is 14.9 Å². The highest BCUT2D eigenvalue weighted by Crippen LogP contribution is 2.28. The third-order valence-electron chi connectivity index (χ3n) is 3.95. The average Bonchev–Trinajstić information content (AvgIpc) is 2.41. The van der Waals surface area contributed by atoms with E-state index in [1.165, 1.54) is 12.1 Å². The first-order valence-corrected chi connectivity index (χ1v) is 7.34. The minimum Gasteiger partial charge on any atom is -0.379 e. The van der Waals surface area contributed by atoms with Crippen LogP contribution < -0.4 is 5.32 Å². The zero-order valence-electron chi connectivity index (χ0n) is 12.5. The van der Waals surface area contributed by atoms with Gasteiger partial charge in [0, 0.05) is 31.3 Å². The van der Waals surface area contributed by atoms with Gasteiger partial charge in [-0.3, -0.25) is 14.9 Å². The zero-order valence-corrected chi connectivity index (χ0v) is 12.5. The highest BCUT2D eigenvalue weighted by molar-refractivity contribution is 5.96. The van der Waals surface area contributed by atoms with Crippen LogP contribution in [0.1, 0.15) is 43.0 Å². The van der Waals surface area contributed by atoms with Gasteiger partial charge in [-0.25, -0.2) is 0 Å². The van der Waals surface area contributed by atoms with E-state index in [-0.39, 0.29) is 11.6 Å². The van der Waals surface area contributed by atoms with E-state index in [0.717, 1.165) is 25.7 Å². The number of nitro benzene ring substituents is 1. The molecule has 21 heavy (non-hydrogen) atoms. The first-order valence-electron chi connectivity index (χ1n) is 7.34. The van der Waals surface area contributed by atoms with Gasteiger partial charge in [-0.05, 0) is 37.8 Å². The second kappa shape index (κ2) is 6.56. The van der Waals surface area contributed by atoms with Gasteiger partial charge in [0.2, 0.25) is 0 Å². The largest absolute Gasteiger partial charge is 0.379 e. The summed E-state index contributed by atoms with van der Waals surface area (Å²) in [4.78, 5) is 24.8. The fourth-order valence-electron chi connectivity index (χ4n) is 2.37. The molecule has 2 rings (SSSR count). The average molecular weight is 291 g/mol. The summed E-state index contributed by atoms with van der Waals surface area (Å²) in [5, 5.41) is 14.1. The molecule has 1 fully saturated rings. The van der Waals surface area contributed by atoms with E-state index >= 15 is 0 Å². The Balaban J connectivity index is 2.23. The molecule has 0 unspecified atom stereocenters. The van der Waals surface area contributed by atoms with Crippen molar-refractivity contribution in [3.05, 3.63) is 33.9 Å². The lowest BCUT2D eigenvalue weighted by atomic mass is 9.91. The van der Waals surface area contributed by atoms with Gasteiger partial charge < -0.3 is 10.2 Å². The number of nitrogens with one attached hydrogen (secondary N) is 1. The molecule has 0 spiro atoms. The number of rotatable bonds is 6. The Morgan fingerprint density at radius 3 is 2.71 bits per heavy atom. The van der Waals surface area contributed by atoms with Crippen LogP contribution >= 0.6 is 0 Å². The van der Waals surface area contributed by atoms with Crippen molar-refractivity contribution in [1.82, 2.24) is 4.90 Å². The maximum Gasteiger partial charge on any atom is 0.292 e. The molecule has 0 aromatic heterocycles. The van der Waals surface area contributed by atoms with Crippen LogP contribution in [0, 0.1) is 10.1 Å². The molecule has 6 nitrogen and oxygen atoms in total. The Bertz CT molecular complexity index is 541. The first kappa shape index (κ1) is 15.3. The van der Waals surface area contributed by atoms with Gasteiger partial charge in [0.05, 0.1) is 4.92 Å². The summed E-state index contributed by atoms with van der Waals surface area (Å²) in [6.45, 7) is 2.62. The highest BCUT2D eigenvalue weighted by Gasteiger charge is 2.27. The second-order valence-corrected chi connectivity index (χ2v) is 5.42. The molecular weight excluding hydrogens is 270 g/mol. The first-order chi connectivity index (χ1) is 10.0. The Labute approximate surface area is 124 Å². The summed E-state index contributed by atoms with van der Waals surface area (Å²) in [6.07, 6.45) is 4.09. The number of nitrogens with zero attached hydrogens (tertiary/aromatic N) is 2. The van der Waals surface area contributed by atoms with E-state index in [1.807, 2.05) is 6.92 Å². The lowest BCUT2D eigenvalue weighted by Gasteiger charge is -2.34. The van der Waals surface area contributed by atoms with Crippen molar-refractivity contribution in [2.24, 2.45) is 0 Å². The molecule has 1 N–H and O–H groups in total. The minimum atomic E-state index is -0.429. The summed E-state index contributed by atoms with van der Waals surface area (Å²) in [5.74, 6) is -0.0749. The SMILES string of the molecule is CCCNc1cc(C(=O)N(C)C2CCC2)ccc1[N+](=O)[O-]. The number of anilines is 1. The van der Waals surface area contributed by atoms with E-state index in [2.05, 4.69) is 5.32 Å². The van der Waals surface area contributed by atoms with E-state index < -0.39 is 4.92 Å². The minimum absolute atomic E-state index is 0.00583. The van der Waals surface area contributed by atoms with Crippen molar-refractivity contribution in [3.8, 4) is 0 Å². The van der Waals surface area contributed by atoms with Crippen LogP contribution in [0.15, 0.2) is 18.2 Å². The molecule has 0 radical (unpaired) electrons. The van der Waals surface area contributed by atoms with Crippen LogP contribution in [0.25, 0.3) is 0 Å². The van der Waals surface area contributed by atoms with Crippen molar-refractivity contribution in [1.29, 1.82) is 0 Å². The van der Waals surface area contributed by atoms with Crippen molar-refractivity contribution < 1.29 is 9.72 Å². The molecule has 1 aliphatic carbocycles. The monoisotopic (exact) mass is 291 g/mol. The molecule has 0 atom stereocenters. The number of carbonyl (C=O) groups excluding carboxylic acids is 1. The summed E-state index contributed by atoms with van der Waals surface area (Å²) in [5.41, 5.74) is 0.912. The normalized spacial score (nSPS) is 14.4. The standard InChI is InChI=1S/C15H21N3O3/c1-3-9-16-13-10-11(7-8-14(13)18(20)21)15(19)17(2)12-5-4-6-12/h7-8,10,12,16H,3-6,9H2,1-2H3. The molecule has 6 heteroatoms. The molecule has 1 aromatic rings. The number of hydrogen-bond acceptors (Lipinski definition) is 4. The molecule has 1 aliphatic rings. The predicted octanol–water partition coefficient (Wildman–Crippen LogP) is 3.04. The number of amides is 1. The Kier molecular flexibility index (Phi) is 4.77. The van der Waals surface area contributed by atoms with Gasteiger partial charge in [-0.1, -0.05) is 6.92 Å². The Morgan fingerprint density at radius 2 is 2.19 bits per heavy atom. The van der Waals surface area contributed by atoms with E-state index in [0.29, 0.717) is 23.8 Å². The van der Waals surface area contributed by atoms with Crippen LogP contribution in [0.3, 0.4) is 0 Å². The Morgan fingerprint density at radius 1 is 1.48 bits per heavy atom. The molecule has 0 bridgehead atoms. The maximum absolute atomic E-state index is 12.4. The smallest absolute Gasteiger partial charge is 0.292 e. The molecular formula is C15H21N3O3. The third-order valence-corrected chi connectivity index (χ3v) is 3.95. The second-order valence-electron chi connectivity index (χ2n) is 5.42.